The zero-order chi connectivity index (χ0) is 7.72. The Bertz CT molecular complexity index is 191. The van der Waals surface area contributed by atoms with E-state index in [0.717, 1.165) is 5.57 Å². The number of esters is 1. The molecule has 1 aliphatic heterocycles. The van der Waals surface area contributed by atoms with Crippen molar-refractivity contribution in [2.24, 2.45) is 0 Å². The fourth-order valence-electron chi connectivity index (χ4n) is 1.03. The third kappa shape index (κ3) is 1.04. The normalized spacial score (nSPS) is 21.3. The number of carbonyl (C=O) groups is 1. The number of ether oxygens (including phenoxy) is 1. The lowest BCUT2D eigenvalue weighted by Gasteiger charge is -2.01. The van der Waals surface area contributed by atoms with Crippen LogP contribution >= 0.6 is 0 Å². The van der Waals surface area contributed by atoms with E-state index in [4.69, 9.17) is 5.11 Å². The van der Waals surface area contributed by atoms with Gasteiger partial charge in [-0.2, -0.15) is 0 Å². The van der Waals surface area contributed by atoms with Crippen molar-refractivity contribution in [3.63, 3.8) is 0 Å². The predicted molar refractivity (Wildman–Crippen MR) is 35.3 cm³/mol. The van der Waals surface area contributed by atoms with E-state index in [-0.39, 0.29) is 5.97 Å². The van der Waals surface area contributed by atoms with Crippen molar-refractivity contribution in [1.82, 2.24) is 0 Å². The standard InChI is InChI=1S/C7H10O3/c1-4-3-10-7(9)6(4)5(2)8/h5,8H,3H2,1-2H3/t5-/m0/s1. The molecule has 0 fully saturated rings. The largest absolute Gasteiger partial charge is 0.458 e. The van der Waals surface area contributed by atoms with Crippen LogP contribution in [0.3, 0.4) is 0 Å². The summed E-state index contributed by atoms with van der Waals surface area (Å²) in [5.74, 6) is -0.382. The molecule has 1 atom stereocenters. The molecule has 3 nitrogen and oxygen atoms in total. The fraction of sp³-hybridized carbons (Fsp3) is 0.571. The summed E-state index contributed by atoms with van der Waals surface area (Å²) in [6, 6.07) is 0. The minimum atomic E-state index is -0.699. The maximum absolute atomic E-state index is 10.8. The Balaban J connectivity index is 2.88. The van der Waals surface area contributed by atoms with Crippen LogP contribution in [0.15, 0.2) is 11.1 Å². The molecule has 56 valence electrons. The third-order valence-electron chi connectivity index (χ3n) is 1.52. The Hall–Kier alpha value is -0.830. The average Bonchev–Trinajstić information content (AvgIpc) is 2.11. The van der Waals surface area contributed by atoms with Gasteiger partial charge in [0, 0.05) is 0 Å². The highest BCUT2D eigenvalue weighted by Gasteiger charge is 2.25. The molecule has 0 aromatic rings. The lowest BCUT2D eigenvalue weighted by molar-refractivity contribution is -0.136. The van der Waals surface area contributed by atoms with Crippen molar-refractivity contribution >= 4 is 5.97 Å². The maximum Gasteiger partial charge on any atom is 0.337 e. The summed E-state index contributed by atoms with van der Waals surface area (Å²) in [4.78, 5) is 10.8. The summed E-state index contributed by atoms with van der Waals surface area (Å²) in [5, 5.41) is 9.03. The SMILES string of the molecule is CC1=C([C@H](C)O)C(=O)OC1. The summed E-state index contributed by atoms with van der Waals surface area (Å²) < 4.78 is 4.67. The molecule has 3 heteroatoms. The molecule has 1 aliphatic rings. The first-order valence-corrected chi connectivity index (χ1v) is 3.17. The molecule has 0 unspecified atom stereocenters. The lowest BCUT2D eigenvalue weighted by Crippen LogP contribution is -2.12. The molecule has 1 rings (SSSR count). The third-order valence-corrected chi connectivity index (χ3v) is 1.52. The second-order valence-electron chi connectivity index (χ2n) is 2.45. The molecule has 0 aliphatic carbocycles. The van der Waals surface area contributed by atoms with Crippen LogP contribution in [0.4, 0.5) is 0 Å². The first-order chi connectivity index (χ1) is 4.63. The number of hydrogen-bond acceptors (Lipinski definition) is 3. The fourth-order valence-corrected chi connectivity index (χ4v) is 1.03. The van der Waals surface area contributed by atoms with Gasteiger partial charge < -0.3 is 9.84 Å². The molecule has 0 aromatic heterocycles. The van der Waals surface area contributed by atoms with Gasteiger partial charge in [-0.25, -0.2) is 4.79 Å². The Labute approximate surface area is 59.3 Å². The minimum Gasteiger partial charge on any atom is -0.458 e. The van der Waals surface area contributed by atoms with E-state index in [1.54, 1.807) is 13.8 Å². The molecular weight excluding hydrogens is 132 g/mol. The Kier molecular flexibility index (Phi) is 1.76. The molecule has 1 N–H and O–H groups in total. The molecule has 0 saturated heterocycles. The molecule has 0 spiro atoms. The molecule has 0 amide bonds. The average molecular weight is 142 g/mol. The van der Waals surface area contributed by atoms with E-state index in [2.05, 4.69) is 4.74 Å². The van der Waals surface area contributed by atoms with Gasteiger partial charge in [0.25, 0.3) is 0 Å². The summed E-state index contributed by atoms with van der Waals surface area (Å²) >= 11 is 0. The van der Waals surface area contributed by atoms with Crippen molar-refractivity contribution in [2.45, 2.75) is 20.0 Å². The molecule has 0 bridgehead atoms. The van der Waals surface area contributed by atoms with Crippen molar-refractivity contribution in [2.75, 3.05) is 6.61 Å². The van der Waals surface area contributed by atoms with E-state index >= 15 is 0 Å². The van der Waals surface area contributed by atoms with E-state index in [0.29, 0.717) is 12.2 Å². The molecule has 10 heavy (non-hydrogen) atoms. The summed E-state index contributed by atoms with van der Waals surface area (Å²) in [6.07, 6.45) is -0.699. The summed E-state index contributed by atoms with van der Waals surface area (Å²) in [6.45, 7) is 3.68. The number of rotatable bonds is 1. The topological polar surface area (TPSA) is 46.5 Å². The van der Waals surface area contributed by atoms with Gasteiger partial charge >= 0.3 is 5.97 Å². The molecule has 0 saturated carbocycles. The van der Waals surface area contributed by atoms with Crippen LogP contribution in [0.5, 0.6) is 0 Å². The predicted octanol–water partition coefficient (Wildman–Crippen LogP) is 0.240. The molecular formula is C7H10O3. The highest BCUT2D eigenvalue weighted by atomic mass is 16.5. The lowest BCUT2D eigenvalue weighted by atomic mass is 10.1. The number of aliphatic hydroxyl groups excluding tert-OH is 1. The van der Waals surface area contributed by atoms with Gasteiger partial charge in [0.15, 0.2) is 0 Å². The van der Waals surface area contributed by atoms with Crippen LogP contribution in [-0.4, -0.2) is 23.8 Å². The number of cyclic esters (lactones) is 1. The molecule has 0 aromatic carbocycles. The van der Waals surface area contributed by atoms with Gasteiger partial charge in [0.05, 0.1) is 11.7 Å². The van der Waals surface area contributed by atoms with Crippen LogP contribution in [0.25, 0.3) is 0 Å². The van der Waals surface area contributed by atoms with Crippen LogP contribution in [0.2, 0.25) is 0 Å². The van der Waals surface area contributed by atoms with E-state index in [9.17, 15) is 4.79 Å². The Morgan fingerprint density at radius 1 is 1.70 bits per heavy atom. The maximum atomic E-state index is 10.8. The van der Waals surface area contributed by atoms with Crippen molar-refractivity contribution in [1.29, 1.82) is 0 Å². The molecule has 0 radical (unpaired) electrons. The van der Waals surface area contributed by atoms with Crippen molar-refractivity contribution in [3.8, 4) is 0 Å². The van der Waals surface area contributed by atoms with Crippen molar-refractivity contribution in [3.05, 3.63) is 11.1 Å². The van der Waals surface area contributed by atoms with Gasteiger partial charge in [0.1, 0.15) is 6.61 Å². The Morgan fingerprint density at radius 3 is 2.50 bits per heavy atom. The van der Waals surface area contributed by atoms with Gasteiger partial charge in [-0.15, -0.1) is 0 Å². The smallest absolute Gasteiger partial charge is 0.337 e. The quantitative estimate of drug-likeness (QED) is 0.533. The highest BCUT2D eigenvalue weighted by molar-refractivity contribution is 5.92. The minimum absolute atomic E-state index is 0.332. The van der Waals surface area contributed by atoms with Crippen LogP contribution < -0.4 is 0 Å². The number of aliphatic hydroxyl groups is 1. The summed E-state index contributed by atoms with van der Waals surface area (Å²) in [7, 11) is 0. The summed E-state index contributed by atoms with van der Waals surface area (Å²) in [5.41, 5.74) is 1.25. The van der Waals surface area contributed by atoms with Gasteiger partial charge in [0.2, 0.25) is 0 Å². The zero-order valence-electron chi connectivity index (χ0n) is 6.05. The zero-order valence-corrected chi connectivity index (χ0v) is 6.05. The van der Waals surface area contributed by atoms with Gasteiger partial charge in [-0.1, -0.05) is 0 Å². The van der Waals surface area contributed by atoms with E-state index in [1.807, 2.05) is 0 Å². The first-order valence-electron chi connectivity index (χ1n) is 3.17. The van der Waals surface area contributed by atoms with Crippen LogP contribution in [-0.2, 0) is 9.53 Å². The number of hydrogen-bond donors (Lipinski definition) is 1. The van der Waals surface area contributed by atoms with Gasteiger partial charge in [-0.05, 0) is 19.4 Å². The molecule has 1 heterocycles. The Morgan fingerprint density at radius 2 is 2.30 bits per heavy atom. The monoisotopic (exact) mass is 142 g/mol. The number of carbonyl (C=O) groups excluding carboxylic acids is 1. The second-order valence-corrected chi connectivity index (χ2v) is 2.45. The van der Waals surface area contributed by atoms with E-state index < -0.39 is 6.10 Å². The van der Waals surface area contributed by atoms with Gasteiger partial charge in [-0.3, -0.25) is 0 Å². The highest BCUT2D eigenvalue weighted by Crippen LogP contribution is 2.17. The van der Waals surface area contributed by atoms with Crippen LogP contribution in [0.1, 0.15) is 13.8 Å². The second kappa shape index (κ2) is 2.42. The van der Waals surface area contributed by atoms with Crippen molar-refractivity contribution < 1.29 is 14.6 Å². The first kappa shape index (κ1) is 7.28. The van der Waals surface area contributed by atoms with E-state index in [1.165, 1.54) is 0 Å². The van der Waals surface area contributed by atoms with Crippen LogP contribution in [0, 0.1) is 0 Å².